The molecule has 0 atom stereocenters. The van der Waals surface area contributed by atoms with Crippen molar-refractivity contribution in [1.29, 1.82) is 0 Å². The molecule has 122 valence electrons. The van der Waals surface area contributed by atoms with E-state index in [9.17, 15) is 9.59 Å². The molecule has 24 heavy (non-hydrogen) atoms. The molecule has 0 N–H and O–H groups in total. The van der Waals surface area contributed by atoms with Crippen molar-refractivity contribution in [3.63, 3.8) is 0 Å². The van der Waals surface area contributed by atoms with Gasteiger partial charge in [-0.1, -0.05) is 67.2 Å². The third-order valence-corrected chi connectivity index (χ3v) is 4.08. The number of rotatable bonds is 6. The van der Waals surface area contributed by atoms with Crippen molar-refractivity contribution in [2.24, 2.45) is 5.41 Å². The smallest absolute Gasteiger partial charge is 0.328 e. The maximum atomic E-state index is 12.4. The predicted octanol–water partition coefficient (Wildman–Crippen LogP) is 3.42. The Morgan fingerprint density at radius 3 is 1.54 bits per heavy atom. The first-order chi connectivity index (χ1) is 11.6. The quantitative estimate of drug-likeness (QED) is 0.464. The van der Waals surface area contributed by atoms with E-state index in [4.69, 9.17) is 9.47 Å². The van der Waals surface area contributed by atoms with Crippen LogP contribution in [0.5, 0.6) is 0 Å². The van der Waals surface area contributed by atoms with Gasteiger partial charge in [0.25, 0.3) is 0 Å². The highest BCUT2D eigenvalue weighted by atomic mass is 16.6. The number of hydrogen-bond donors (Lipinski definition) is 0. The van der Waals surface area contributed by atoms with Crippen LogP contribution in [0.25, 0.3) is 0 Å². The van der Waals surface area contributed by atoms with Gasteiger partial charge in [0.15, 0.2) is 5.41 Å². The van der Waals surface area contributed by atoms with Gasteiger partial charge in [0.1, 0.15) is 13.2 Å². The van der Waals surface area contributed by atoms with Gasteiger partial charge >= 0.3 is 11.9 Å². The number of esters is 2. The zero-order valence-corrected chi connectivity index (χ0v) is 13.2. The van der Waals surface area contributed by atoms with Crippen LogP contribution >= 0.6 is 0 Å². The van der Waals surface area contributed by atoms with Crippen LogP contribution in [0.1, 0.15) is 17.5 Å². The van der Waals surface area contributed by atoms with Crippen LogP contribution in [0.2, 0.25) is 0 Å². The summed E-state index contributed by atoms with van der Waals surface area (Å²) in [5.74, 6) is -1.18. The maximum Gasteiger partial charge on any atom is 0.328 e. The Kier molecular flexibility index (Phi) is 4.47. The summed E-state index contributed by atoms with van der Waals surface area (Å²) in [6.07, 6.45) is 0.286. The van der Waals surface area contributed by atoms with Crippen LogP contribution in [0, 0.1) is 5.41 Å². The molecular weight excluding hydrogens is 304 g/mol. The molecule has 0 aliphatic heterocycles. The molecule has 0 bridgehead atoms. The third kappa shape index (κ3) is 3.23. The average molecular weight is 322 g/mol. The summed E-state index contributed by atoms with van der Waals surface area (Å²) >= 11 is 0. The number of carbonyl (C=O) groups is 2. The average Bonchev–Trinajstić information content (AvgIpc) is 3.32. The Morgan fingerprint density at radius 1 is 0.833 bits per heavy atom. The Balaban J connectivity index is 1.60. The van der Waals surface area contributed by atoms with Gasteiger partial charge in [0, 0.05) is 6.42 Å². The standard InChI is InChI=1S/C20H18O4/c1-15-12-20(15,18(21)23-13-16-8-4-2-5-9-16)19(22)24-14-17-10-6-3-7-11-17/h2-11H,1,12-14H2. The van der Waals surface area contributed by atoms with E-state index in [-0.39, 0.29) is 19.6 Å². The minimum Gasteiger partial charge on any atom is -0.460 e. The SMILES string of the molecule is C=C1CC1(C(=O)OCc1ccccc1)C(=O)OCc1ccccc1. The molecule has 3 rings (SSSR count). The summed E-state index contributed by atoms with van der Waals surface area (Å²) in [6, 6.07) is 18.7. The minimum atomic E-state index is -1.33. The normalized spacial score (nSPS) is 14.8. The summed E-state index contributed by atoms with van der Waals surface area (Å²) < 4.78 is 10.6. The van der Waals surface area contributed by atoms with Crippen LogP contribution in [0.15, 0.2) is 72.8 Å². The van der Waals surface area contributed by atoms with E-state index in [0.717, 1.165) is 11.1 Å². The second-order valence-electron chi connectivity index (χ2n) is 5.81. The van der Waals surface area contributed by atoms with Crippen LogP contribution in [0.4, 0.5) is 0 Å². The lowest BCUT2D eigenvalue weighted by Gasteiger charge is -2.14. The lowest BCUT2D eigenvalue weighted by molar-refractivity contribution is -0.165. The van der Waals surface area contributed by atoms with Gasteiger partial charge in [-0.05, 0) is 16.7 Å². The molecule has 0 radical (unpaired) electrons. The molecule has 0 unspecified atom stereocenters. The van der Waals surface area contributed by atoms with E-state index < -0.39 is 17.4 Å². The molecular formula is C20H18O4. The summed E-state index contributed by atoms with van der Waals surface area (Å²) in [5, 5.41) is 0. The van der Waals surface area contributed by atoms with Gasteiger partial charge in [-0.2, -0.15) is 0 Å². The Bertz CT molecular complexity index is 694. The first kappa shape index (κ1) is 16.0. The fourth-order valence-corrected chi connectivity index (χ4v) is 2.48. The predicted molar refractivity (Wildman–Crippen MR) is 88.7 cm³/mol. The van der Waals surface area contributed by atoms with E-state index in [1.54, 1.807) is 0 Å². The monoisotopic (exact) mass is 322 g/mol. The van der Waals surface area contributed by atoms with Crippen molar-refractivity contribution < 1.29 is 19.1 Å². The molecule has 2 aromatic carbocycles. The van der Waals surface area contributed by atoms with E-state index in [2.05, 4.69) is 6.58 Å². The fourth-order valence-electron chi connectivity index (χ4n) is 2.48. The van der Waals surface area contributed by atoms with Gasteiger partial charge in [0.2, 0.25) is 0 Å². The summed E-state index contributed by atoms with van der Waals surface area (Å²) in [5.41, 5.74) is 0.942. The molecule has 2 aromatic rings. The second kappa shape index (κ2) is 6.71. The molecule has 1 fully saturated rings. The highest BCUT2D eigenvalue weighted by Gasteiger charge is 2.63. The molecule has 1 saturated carbocycles. The molecule has 4 nitrogen and oxygen atoms in total. The third-order valence-electron chi connectivity index (χ3n) is 4.08. The van der Waals surface area contributed by atoms with Crippen LogP contribution in [-0.2, 0) is 32.3 Å². The molecule has 4 heteroatoms. The van der Waals surface area contributed by atoms with Gasteiger partial charge in [-0.15, -0.1) is 0 Å². The Labute approximate surface area is 140 Å². The molecule has 1 aliphatic rings. The maximum absolute atomic E-state index is 12.4. The van der Waals surface area contributed by atoms with Crippen molar-refractivity contribution in [1.82, 2.24) is 0 Å². The number of ether oxygens (including phenoxy) is 2. The number of hydrogen-bond acceptors (Lipinski definition) is 4. The van der Waals surface area contributed by atoms with Crippen molar-refractivity contribution >= 4 is 11.9 Å². The second-order valence-corrected chi connectivity index (χ2v) is 5.81. The Morgan fingerprint density at radius 2 is 1.21 bits per heavy atom. The molecule has 0 spiro atoms. The lowest BCUT2D eigenvalue weighted by atomic mass is 10.1. The van der Waals surface area contributed by atoms with Gasteiger partial charge in [-0.3, -0.25) is 9.59 Å². The highest BCUT2D eigenvalue weighted by Crippen LogP contribution is 2.53. The van der Waals surface area contributed by atoms with Gasteiger partial charge in [-0.25, -0.2) is 0 Å². The number of carbonyl (C=O) groups excluding carboxylic acids is 2. The summed E-state index contributed by atoms with van der Waals surface area (Å²) in [6.45, 7) is 4.02. The highest BCUT2D eigenvalue weighted by molar-refractivity contribution is 6.08. The molecule has 0 heterocycles. The van der Waals surface area contributed by atoms with Crippen molar-refractivity contribution in [2.75, 3.05) is 0 Å². The topological polar surface area (TPSA) is 52.6 Å². The van der Waals surface area contributed by atoms with E-state index in [1.165, 1.54) is 0 Å². The van der Waals surface area contributed by atoms with Gasteiger partial charge < -0.3 is 9.47 Å². The fraction of sp³-hybridized carbons (Fsp3) is 0.200. The molecule has 0 saturated heterocycles. The largest absolute Gasteiger partial charge is 0.460 e. The van der Waals surface area contributed by atoms with Crippen LogP contribution < -0.4 is 0 Å². The number of benzene rings is 2. The zero-order chi connectivity index (χ0) is 17.0. The summed E-state index contributed by atoms with van der Waals surface area (Å²) in [4.78, 5) is 24.8. The first-order valence-electron chi connectivity index (χ1n) is 7.73. The molecule has 0 amide bonds. The van der Waals surface area contributed by atoms with Crippen molar-refractivity contribution in [2.45, 2.75) is 19.6 Å². The van der Waals surface area contributed by atoms with E-state index >= 15 is 0 Å². The van der Waals surface area contributed by atoms with E-state index in [1.807, 2.05) is 60.7 Å². The van der Waals surface area contributed by atoms with Crippen molar-refractivity contribution in [3.05, 3.63) is 83.9 Å². The lowest BCUT2D eigenvalue weighted by Crippen LogP contribution is -2.30. The first-order valence-corrected chi connectivity index (χ1v) is 7.73. The van der Waals surface area contributed by atoms with Crippen molar-refractivity contribution in [3.8, 4) is 0 Å². The zero-order valence-electron chi connectivity index (χ0n) is 13.2. The van der Waals surface area contributed by atoms with Crippen LogP contribution in [-0.4, -0.2) is 11.9 Å². The molecule has 1 aliphatic carbocycles. The van der Waals surface area contributed by atoms with E-state index in [0.29, 0.717) is 5.57 Å². The minimum absolute atomic E-state index is 0.126. The molecule has 0 aromatic heterocycles. The van der Waals surface area contributed by atoms with Gasteiger partial charge in [0.05, 0.1) is 0 Å². The Hall–Kier alpha value is -2.88. The summed E-state index contributed by atoms with van der Waals surface area (Å²) in [7, 11) is 0. The van der Waals surface area contributed by atoms with Crippen LogP contribution in [0.3, 0.4) is 0 Å².